The Hall–Kier alpha value is -1.99. The van der Waals surface area contributed by atoms with E-state index in [1.165, 1.54) is 18.6 Å². The van der Waals surface area contributed by atoms with Crippen molar-refractivity contribution < 1.29 is 18.7 Å². The third kappa shape index (κ3) is 5.74. The van der Waals surface area contributed by atoms with Gasteiger partial charge in [-0.25, -0.2) is 4.39 Å². The molecule has 0 bridgehead atoms. The van der Waals surface area contributed by atoms with E-state index < -0.39 is 11.8 Å². The van der Waals surface area contributed by atoms with Crippen molar-refractivity contribution in [1.82, 2.24) is 15.5 Å². The molecule has 148 valence electrons. The number of nitrogens with one attached hydrogen (secondary N) is 2. The summed E-state index contributed by atoms with van der Waals surface area (Å²) in [7, 11) is 0. The van der Waals surface area contributed by atoms with Gasteiger partial charge in [0, 0.05) is 25.7 Å². The van der Waals surface area contributed by atoms with Crippen LogP contribution in [0.4, 0.5) is 4.39 Å². The molecule has 1 saturated carbocycles. The second-order valence-electron chi connectivity index (χ2n) is 7.23. The van der Waals surface area contributed by atoms with Crippen molar-refractivity contribution >= 4 is 11.8 Å². The Bertz CT molecular complexity index is 626. The lowest BCUT2D eigenvalue weighted by Crippen LogP contribution is -2.48. The Morgan fingerprint density at radius 1 is 1.07 bits per heavy atom. The summed E-state index contributed by atoms with van der Waals surface area (Å²) in [5, 5.41) is 5.59. The van der Waals surface area contributed by atoms with Crippen LogP contribution in [0, 0.1) is 5.82 Å². The van der Waals surface area contributed by atoms with E-state index in [1.54, 1.807) is 12.1 Å². The van der Waals surface area contributed by atoms with E-state index in [0.29, 0.717) is 19.8 Å². The van der Waals surface area contributed by atoms with Crippen LogP contribution in [0.3, 0.4) is 0 Å². The molecule has 1 aliphatic heterocycles. The zero-order valence-electron chi connectivity index (χ0n) is 15.6. The van der Waals surface area contributed by atoms with Crippen LogP contribution in [0.5, 0.6) is 0 Å². The zero-order chi connectivity index (χ0) is 19.1. The Morgan fingerprint density at radius 2 is 1.74 bits per heavy atom. The summed E-state index contributed by atoms with van der Waals surface area (Å²) in [5.41, 5.74) is 0.909. The lowest BCUT2D eigenvalue weighted by molar-refractivity contribution is -0.140. The quantitative estimate of drug-likeness (QED) is 0.768. The summed E-state index contributed by atoms with van der Waals surface area (Å²) in [6, 6.07) is 6.26. The van der Waals surface area contributed by atoms with Crippen LogP contribution in [-0.4, -0.2) is 55.6 Å². The number of carbonyl (C=O) groups is 2. The van der Waals surface area contributed by atoms with E-state index in [2.05, 4.69) is 15.5 Å². The second kappa shape index (κ2) is 9.80. The van der Waals surface area contributed by atoms with E-state index in [-0.39, 0.29) is 17.9 Å². The number of carbonyl (C=O) groups excluding carboxylic acids is 2. The highest BCUT2D eigenvalue weighted by Crippen LogP contribution is 2.22. The van der Waals surface area contributed by atoms with E-state index in [0.717, 1.165) is 44.3 Å². The molecule has 1 aromatic carbocycles. The van der Waals surface area contributed by atoms with Gasteiger partial charge in [-0.05, 0) is 30.5 Å². The molecule has 6 nitrogen and oxygen atoms in total. The van der Waals surface area contributed by atoms with Crippen molar-refractivity contribution in [2.75, 3.05) is 32.8 Å². The molecule has 1 saturated heterocycles. The highest BCUT2D eigenvalue weighted by Gasteiger charge is 2.25. The summed E-state index contributed by atoms with van der Waals surface area (Å²) in [5.74, 6) is -1.47. The largest absolute Gasteiger partial charge is 0.379 e. The number of amides is 2. The van der Waals surface area contributed by atoms with Gasteiger partial charge in [-0.2, -0.15) is 0 Å². The SMILES string of the molecule is O=C(NC[C@H](c1ccc(F)cc1)N1CCOCC1)C(=O)NC1CCCCC1. The van der Waals surface area contributed by atoms with Crippen molar-refractivity contribution in [1.29, 1.82) is 0 Å². The highest BCUT2D eigenvalue weighted by molar-refractivity contribution is 6.35. The number of nitrogens with zero attached hydrogens (tertiary/aromatic N) is 1. The van der Waals surface area contributed by atoms with Gasteiger partial charge in [0.1, 0.15) is 5.82 Å². The first-order valence-electron chi connectivity index (χ1n) is 9.79. The average molecular weight is 377 g/mol. The van der Waals surface area contributed by atoms with Crippen molar-refractivity contribution in [2.45, 2.75) is 44.2 Å². The molecule has 0 radical (unpaired) electrons. The first-order chi connectivity index (χ1) is 13.1. The molecule has 2 N–H and O–H groups in total. The fraction of sp³-hybridized carbons (Fsp3) is 0.600. The zero-order valence-corrected chi connectivity index (χ0v) is 15.6. The van der Waals surface area contributed by atoms with Crippen molar-refractivity contribution in [2.24, 2.45) is 0 Å². The third-order valence-corrected chi connectivity index (χ3v) is 5.34. The van der Waals surface area contributed by atoms with Gasteiger partial charge in [0.2, 0.25) is 0 Å². The molecular formula is C20H28FN3O3. The maximum Gasteiger partial charge on any atom is 0.309 e. The molecule has 0 spiro atoms. The Labute approximate surface area is 159 Å². The van der Waals surface area contributed by atoms with Gasteiger partial charge >= 0.3 is 11.8 Å². The second-order valence-corrected chi connectivity index (χ2v) is 7.23. The normalized spacial score (nSPS) is 20.0. The van der Waals surface area contributed by atoms with Crippen LogP contribution in [-0.2, 0) is 14.3 Å². The van der Waals surface area contributed by atoms with Gasteiger partial charge in [-0.1, -0.05) is 31.4 Å². The summed E-state index contributed by atoms with van der Waals surface area (Å²) in [6.07, 6.45) is 5.25. The molecule has 2 amide bonds. The van der Waals surface area contributed by atoms with Crippen LogP contribution in [0.15, 0.2) is 24.3 Å². The minimum atomic E-state index is -0.610. The highest BCUT2D eigenvalue weighted by atomic mass is 19.1. The monoisotopic (exact) mass is 377 g/mol. The molecule has 1 atom stereocenters. The molecule has 1 aromatic rings. The number of hydrogen-bond acceptors (Lipinski definition) is 4. The number of benzene rings is 1. The Morgan fingerprint density at radius 3 is 2.41 bits per heavy atom. The standard InChI is InChI=1S/C20H28FN3O3/c21-16-8-6-15(7-9-16)18(24-10-12-27-13-11-24)14-22-19(25)20(26)23-17-4-2-1-3-5-17/h6-9,17-18H,1-5,10-14H2,(H,22,25)(H,23,26)/t18-/m1/s1. The number of halogens is 1. The molecule has 0 aromatic heterocycles. The van der Waals surface area contributed by atoms with Gasteiger partial charge in [-0.3, -0.25) is 14.5 Å². The van der Waals surface area contributed by atoms with Crippen molar-refractivity contribution in [3.05, 3.63) is 35.6 Å². The topological polar surface area (TPSA) is 70.7 Å². The van der Waals surface area contributed by atoms with E-state index in [1.807, 2.05) is 0 Å². The third-order valence-electron chi connectivity index (χ3n) is 5.34. The minimum Gasteiger partial charge on any atom is -0.379 e. The smallest absolute Gasteiger partial charge is 0.309 e. The van der Waals surface area contributed by atoms with Crippen molar-refractivity contribution in [3.8, 4) is 0 Å². The van der Waals surface area contributed by atoms with Crippen LogP contribution >= 0.6 is 0 Å². The first kappa shape index (κ1) is 19.8. The molecule has 7 heteroatoms. The number of morpholine rings is 1. The maximum absolute atomic E-state index is 13.3. The number of rotatable bonds is 5. The predicted molar refractivity (Wildman–Crippen MR) is 99.6 cm³/mol. The summed E-state index contributed by atoms with van der Waals surface area (Å²) >= 11 is 0. The first-order valence-corrected chi connectivity index (χ1v) is 9.79. The molecule has 2 aliphatic rings. The van der Waals surface area contributed by atoms with Crippen LogP contribution in [0.1, 0.15) is 43.7 Å². The fourth-order valence-electron chi connectivity index (χ4n) is 3.80. The molecule has 3 rings (SSSR count). The summed E-state index contributed by atoms with van der Waals surface area (Å²) in [6.45, 7) is 2.99. The van der Waals surface area contributed by atoms with Gasteiger partial charge in [0.25, 0.3) is 0 Å². The van der Waals surface area contributed by atoms with Gasteiger partial charge in [0.05, 0.1) is 19.3 Å². The number of ether oxygens (including phenoxy) is 1. The van der Waals surface area contributed by atoms with Crippen molar-refractivity contribution in [3.63, 3.8) is 0 Å². The fourth-order valence-corrected chi connectivity index (χ4v) is 3.80. The molecule has 1 heterocycles. The Kier molecular flexibility index (Phi) is 7.18. The van der Waals surface area contributed by atoms with E-state index in [9.17, 15) is 14.0 Å². The molecule has 1 aliphatic carbocycles. The van der Waals surface area contributed by atoms with Gasteiger partial charge in [0.15, 0.2) is 0 Å². The molecule has 0 unspecified atom stereocenters. The molecule has 2 fully saturated rings. The van der Waals surface area contributed by atoms with E-state index >= 15 is 0 Å². The van der Waals surface area contributed by atoms with Crippen LogP contribution < -0.4 is 10.6 Å². The summed E-state index contributed by atoms with van der Waals surface area (Å²) < 4.78 is 18.7. The van der Waals surface area contributed by atoms with Crippen LogP contribution in [0.25, 0.3) is 0 Å². The van der Waals surface area contributed by atoms with Crippen LogP contribution in [0.2, 0.25) is 0 Å². The molecule has 27 heavy (non-hydrogen) atoms. The maximum atomic E-state index is 13.3. The minimum absolute atomic E-state index is 0.101. The lowest BCUT2D eigenvalue weighted by atomic mass is 9.95. The van der Waals surface area contributed by atoms with E-state index in [4.69, 9.17) is 4.74 Å². The number of hydrogen-bond donors (Lipinski definition) is 2. The summed E-state index contributed by atoms with van der Waals surface area (Å²) in [4.78, 5) is 26.6. The van der Waals surface area contributed by atoms with Gasteiger partial charge < -0.3 is 15.4 Å². The molecular weight excluding hydrogens is 349 g/mol. The lowest BCUT2D eigenvalue weighted by Gasteiger charge is -2.35. The Balaban J connectivity index is 1.58. The predicted octanol–water partition coefficient (Wildman–Crippen LogP) is 1.76. The van der Waals surface area contributed by atoms with Gasteiger partial charge in [-0.15, -0.1) is 0 Å². The average Bonchev–Trinajstić information content (AvgIpc) is 2.71.